The lowest BCUT2D eigenvalue weighted by Gasteiger charge is -2.22. The van der Waals surface area contributed by atoms with Gasteiger partial charge in [0.15, 0.2) is 0 Å². The van der Waals surface area contributed by atoms with E-state index in [0.29, 0.717) is 5.75 Å². The lowest BCUT2D eigenvalue weighted by molar-refractivity contribution is 0.0908. The third-order valence-corrected chi connectivity index (χ3v) is 5.38. The second kappa shape index (κ2) is 6.34. The predicted octanol–water partition coefficient (Wildman–Crippen LogP) is 1.28. The molecule has 0 heterocycles. The molecule has 0 radical (unpaired) electrons. The van der Waals surface area contributed by atoms with Crippen molar-refractivity contribution in [1.82, 2.24) is 4.72 Å². The Balaban J connectivity index is 2.98. The van der Waals surface area contributed by atoms with E-state index in [1.165, 1.54) is 11.8 Å². The van der Waals surface area contributed by atoms with E-state index in [9.17, 15) is 13.5 Å². The minimum Gasteiger partial charge on any atom is -0.398 e. The molecule has 1 rings (SSSR count). The van der Waals surface area contributed by atoms with Crippen LogP contribution in [0.1, 0.15) is 18.1 Å². The van der Waals surface area contributed by atoms with E-state index in [1.54, 1.807) is 19.1 Å². The smallest absolute Gasteiger partial charge is 0.242 e. The number of thioether (sulfide) groups is 1. The van der Waals surface area contributed by atoms with Crippen molar-refractivity contribution in [3.63, 3.8) is 0 Å². The van der Waals surface area contributed by atoms with E-state index in [1.807, 2.05) is 20.1 Å². The van der Waals surface area contributed by atoms with Gasteiger partial charge >= 0.3 is 0 Å². The lowest BCUT2D eigenvalue weighted by Crippen LogP contribution is -2.42. The van der Waals surface area contributed by atoms with Crippen LogP contribution in [-0.4, -0.2) is 37.7 Å². The van der Waals surface area contributed by atoms with Crippen molar-refractivity contribution < 1.29 is 13.5 Å². The third kappa shape index (κ3) is 4.37. The van der Waals surface area contributed by atoms with Crippen molar-refractivity contribution >= 4 is 27.5 Å². The van der Waals surface area contributed by atoms with Crippen molar-refractivity contribution in [1.29, 1.82) is 0 Å². The molecule has 0 aromatic heterocycles. The number of nitrogens with one attached hydrogen (secondary N) is 1. The fraction of sp³-hybridized carbons (Fsp3) is 0.538. The van der Waals surface area contributed by atoms with Crippen LogP contribution in [0.5, 0.6) is 0 Å². The maximum absolute atomic E-state index is 12.3. The van der Waals surface area contributed by atoms with Gasteiger partial charge in [-0.3, -0.25) is 0 Å². The van der Waals surface area contributed by atoms with Gasteiger partial charge in [-0.05, 0) is 50.3 Å². The van der Waals surface area contributed by atoms with Crippen LogP contribution in [0.2, 0.25) is 0 Å². The molecule has 0 saturated heterocycles. The van der Waals surface area contributed by atoms with Gasteiger partial charge in [-0.1, -0.05) is 0 Å². The third-order valence-electron chi connectivity index (χ3n) is 3.01. The van der Waals surface area contributed by atoms with E-state index in [2.05, 4.69) is 4.72 Å². The monoisotopic (exact) mass is 318 g/mol. The van der Waals surface area contributed by atoms with Crippen LogP contribution in [0.4, 0.5) is 5.69 Å². The van der Waals surface area contributed by atoms with Gasteiger partial charge in [0.05, 0.1) is 11.3 Å². The van der Waals surface area contributed by atoms with E-state index in [-0.39, 0.29) is 17.1 Å². The van der Waals surface area contributed by atoms with Crippen molar-refractivity contribution in [3.8, 4) is 0 Å². The van der Waals surface area contributed by atoms with Crippen molar-refractivity contribution in [3.05, 3.63) is 23.3 Å². The van der Waals surface area contributed by atoms with Crippen LogP contribution in [0, 0.1) is 13.8 Å². The van der Waals surface area contributed by atoms with Crippen molar-refractivity contribution in [2.45, 2.75) is 31.3 Å². The molecule has 0 fully saturated rings. The zero-order valence-electron chi connectivity index (χ0n) is 12.2. The summed E-state index contributed by atoms with van der Waals surface area (Å²) in [4.78, 5) is 0.0561. The second-order valence-corrected chi connectivity index (χ2v) is 7.83. The average Bonchev–Trinajstić information content (AvgIpc) is 2.31. The molecule has 0 amide bonds. The summed E-state index contributed by atoms with van der Waals surface area (Å²) in [7, 11) is -3.73. The number of sulfonamides is 1. The van der Waals surface area contributed by atoms with E-state index >= 15 is 0 Å². The van der Waals surface area contributed by atoms with Crippen LogP contribution < -0.4 is 10.5 Å². The molecule has 0 saturated carbocycles. The van der Waals surface area contributed by atoms with Crippen LogP contribution in [-0.2, 0) is 10.0 Å². The van der Waals surface area contributed by atoms with Gasteiger partial charge < -0.3 is 10.8 Å². The first-order chi connectivity index (χ1) is 9.09. The highest BCUT2D eigenvalue weighted by Crippen LogP contribution is 2.23. The SMILES string of the molecule is CSCC(C)(O)CNS(=O)(=O)c1cc(C)c(C)cc1N. The molecule has 1 aromatic rings. The van der Waals surface area contributed by atoms with Gasteiger partial charge in [-0.15, -0.1) is 0 Å². The number of benzene rings is 1. The molecule has 1 aromatic carbocycles. The number of nitrogens with two attached hydrogens (primary N) is 1. The molecule has 4 N–H and O–H groups in total. The first-order valence-electron chi connectivity index (χ1n) is 6.17. The standard InChI is InChI=1S/C13H22N2O3S2/c1-9-5-11(14)12(6-10(9)2)20(17,18)15-7-13(3,16)8-19-4/h5-6,15-16H,7-8,14H2,1-4H3. The second-order valence-electron chi connectivity index (χ2n) is 5.23. The molecule has 1 atom stereocenters. The summed E-state index contributed by atoms with van der Waals surface area (Å²) in [6, 6.07) is 3.19. The molecule has 0 aliphatic rings. The number of aryl methyl sites for hydroxylation is 2. The maximum atomic E-state index is 12.3. The molecule has 7 heteroatoms. The minimum atomic E-state index is -3.73. The van der Waals surface area contributed by atoms with Crippen LogP contribution in [0.25, 0.3) is 0 Å². The van der Waals surface area contributed by atoms with Gasteiger partial charge in [0.25, 0.3) is 0 Å². The molecule has 114 valence electrons. The summed E-state index contributed by atoms with van der Waals surface area (Å²) in [6.45, 7) is 5.24. The van der Waals surface area contributed by atoms with Crippen molar-refractivity contribution in [2.75, 3.05) is 24.3 Å². The molecule has 0 aliphatic carbocycles. The Kier molecular flexibility index (Phi) is 5.48. The first-order valence-corrected chi connectivity index (χ1v) is 9.04. The van der Waals surface area contributed by atoms with Crippen LogP contribution in [0.15, 0.2) is 17.0 Å². The Morgan fingerprint density at radius 2 is 1.90 bits per heavy atom. The minimum absolute atomic E-state index is 0.0530. The highest BCUT2D eigenvalue weighted by molar-refractivity contribution is 7.98. The van der Waals surface area contributed by atoms with Crippen LogP contribution >= 0.6 is 11.8 Å². The van der Waals surface area contributed by atoms with Crippen LogP contribution in [0.3, 0.4) is 0 Å². The topological polar surface area (TPSA) is 92.4 Å². The quantitative estimate of drug-likeness (QED) is 0.687. The van der Waals surface area contributed by atoms with Crippen molar-refractivity contribution in [2.24, 2.45) is 0 Å². The number of hydrogen-bond donors (Lipinski definition) is 3. The number of aliphatic hydroxyl groups is 1. The zero-order chi connectivity index (χ0) is 15.6. The van der Waals surface area contributed by atoms with E-state index in [4.69, 9.17) is 5.73 Å². The number of anilines is 1. The van der Waals surface area contributed by atoms with Gasteiger partial charge in [0.1, 0.15) is 4.90 Å². The Morgan fingerprint density at radius 1 is 1.35 bits per heavy atom. The van der Waals surface area contributed by atoms with Gasteiger partial charge in [0.2, 0.25) is 10.0 Å². The summed E-state index contributed by atoms with van der Waals surface area (Å²) < 4.78 is 26.9. The average molecular weight is 318 g/mol. The molecular weight excluding hydrogens is 296 g/mol. The molecule has 1 unspecified atom stereocenters. The largest absolute Gasteiger partial charge is 0.398 e. The lowest BCUT2D eigenvalue weighted by atomic mass is 10.1. The first kappa shape index (κ1) is 17.3. The molecule has 0 spiro atoms. The van der Waals surface area contributed by atoms with Gasteiger partial charge in [-0.25, -0.2) is 13.1 Å². The highest BCUT2D eigenvalue weighted by atomic mass is 32.2. The Bertz CT molecular complexity index is 584. The molecule has 0 aliphatic heterocycles. The van der Waals surface area contributed by atoms with Gasteiger partial charge in [-0.2, -0.15) is 11.8 Å². The fourth-order valence-electron chi connectivity index (χ4n) is 1.73. The summed E-state index contributed by atoms with van der Waals surface area (Å²) in [6.07, 6.45) is 1.85. The Labute approximate surface area is 125 Å². The van der Waals surface area contributed by atoms with E-state index < -0.39 is 15.6 Å². The highest BCUT2D eigenvalue weighted by Gasteiger charge is 2.25. The summed E-state index contributed by atoms with van der Waals surface area (Å²) >= 11 is 1.45. The summed E-state index contributed by atoms with van der Waals surface area (Å²) in [5, 5.41) is 10.0. The molecule has 20 heavy (non-hydrogen) atoms. The number of nitrogen functional groups attached to an aromatic ring is 1. The predicted molar refractivity (Wildman–Crippen MR) is 84.5 cm³/mol. The number of hydrogen-bond acceptors (Lipinski definition) is 5. The maximum Gasteiger partial charge on any atom is 0.242 e. The summed E-state index contributed by atoms with van der Waals surface area (Å²) in [5.41, 5.74) is 6.70. The normalized spacial score (nSPS) is 15.1. The summed E-state index contributed by atoms with van der Waals surface area (Å²) in [5.74, 6) is 0.442. The Hall–Kier alpha value is -0.760. The zero-order valence-corrected chi connectivity index (χ0v) is 13.9. The van der Waals surface area contributed by atoms with Gasteiger partial charge in [0, 0.05) is 12.3 Å². The molecular formula is C13H22N2O3S2. The number of rotatable bonds is 6. The molecule has 0 bridgehead atoms. The Morgan fingerprint density at radius 3 is 2.45 bits per heavy atom. The van der Waals surface area contributed by atoms with E-state index in [0.717, 1.165) is 11.1 Å². The fourth-order valence-corrected chi connectivity index (χ4v) is 3.82. The molecule has 5 nitrogen and oxygen atoms in total.